The number of halogens is 1. The number of ether oxygens (including phenoxy) is 1. The molecule has 0 radical (unpaired) electrons. The van der Waals surface area contributed by atoms with Crippen molar-refractivity contribution in [1.82, 2.24) is 5.16 Å². The van der Waals surface area contributed by atoms with Crippen molar-refractivity contribution in [2.24, 2.45) is 5.10 Å². The Bertz CT molecular complexity index is 775. The smallest absolute Gasteiger partial charge is 0.344 e. The Labute approximate surface area is 141 Å². The van der Waals surface area contributed by atoms with Crippen molar-refractivity contribution < 1.29 is 14.1 Å². The molecule has 1 aromatic carbocycles. The SMILES string of the molecule is CCOC(=O)c1c(C)noc1/C(C#N)=N/Nc1ccc(Br)cc1. The number of nitrogens with zero attached hydrogens (tertiary/aromatic N) is 3. The number of carbonyl (C=O) groups excluding carboxylic acids is 1. The van der Waals surface area contributed by atoms with Crippen molar-refractivity contribution in [3.05, 3.63) is 45.8 Å². The number of anilines is 1. The van der Waals surface area contributed by atoms with E-state index in [0.29, 0.717) is 11.4 Å². The molecule has 7 nitrogen and oxygen atoms in total. The summed E-state index contributed by atoms with van der Waals surface area (Å²) in [5.41, 5.74) is 3.75. The van der Waals surface area contributed by atoms with Crippen molar-refractivity contribution in [2.75, 3.05) is 12.0 Å². The lowest BCUT2D eigenvalue weighted by Crippen LogP contribution is -2.11. The molecule has 1 N–H and O–H groups in total. The fourth-order valence-corrected chi connectivity index (χ4v) is 2.01. The first-order valence-electron chi connectivity index (χ1n) is 6.70. The van der Waals surface area contributed by atoms with Gasteiger partial charge in [-0.25, -0.2) is 4.79 Å². The van der Waals surface area contributed by atoms with Crippen LogP contribution in [0.15, 0.2) is 38.4 Å². The van der Waals surface area contributed by atoms with Crippen molar-refractivity contribution in [3.63, 3.8) is 0 Å². The maximum absolute atomic E-state index is 12.0. The van der Waals surface area contributed by atoms with Crippen LogP contribution in [0.5, 0.6) is 0 Å². The maximum Gasteiger partial charge on any atom is 0.344 e. The van der Waals surface area contributed by atoms with E-state index in [1.165, 1.54) is 0 Å². The number of benzene rings is 1. The Morgan fingerprint density at radius 2 is 2.17 bits per heavy atom. The lowest BCUT2D eigenvalue weighted by Gasteiger charge is -2.03. The zero-order valence-corrected chi connectivity index (χ0v) is 14.0. The van der Waals surface area contributed by atoms with E-state index in [1.54, 1.807) is 26.0 Å². The predicted octanol–water partition coefficient (Wildman–Crippen LogP) is 3.26. The minimum atomic E-state index is -0.604. The molecule has 2 aromatic rings. The number of aryl methyl sites for hydroxylation is 1. The molecule has 23 heavy (non-hydrogen) atoms. The summed E-state index contributed by atoms with van der Waals surface area (Å²) < 4.78 is 10.9. The highest BCUT2D eigenvalue weighted by Crippen LogP contribution is 2.17. The van der Waals surface area contributed by atoms with Gasteiger partial charge in [0.15, 0.2) is 0 Å². The zero-order chi connectivity index (χ0) is 16.8. The molecule has 0 spiro atoms. The zero-order valence-electron chi connectivity index (χ0n) is 12.5. The number of rotatable bonds is 5. The molecule has 0 fully saturated rings. The molecule has 0 atom stereocenters. The third kappa shape index (κ3) is 3.96. The quantitative estimate of drug-likeness (QED) is 0.488. The van der Waals surface area contributed by atoms with Crippen LogP contribution in [0.4, 0.5) is 5.69 Å². The average molecular weight is 377 g/mol. The van der Waals surface area contributed by atoms with E-state index in [-0.39, 0.29) is 23.6 Å². The van der Waals surface area contributed by atoms with E-state index in [2.05, 4.69) is 31.6 Å². The molecule has 0 aliphatic rings. The predicted molar refractivity (Wildman–Crippen MR) is 87.1 cm³/mol. The first-order chi connectivity index (χ1) is 11.1. The lowest BCUT2D eigenvalue weighted by atomic mass is 10.1. The van der Waals surface area contributed by atoms with E-state index < -0.39 is 5.97 Å². The van der Waals surface area contributed by atoms with Crippen LogP contribution in [0.3, 0.4) is 0 Å². The number of hydrazone groups is 1. The molecule has 8 heteroatoms. The lowest BCUT2D eigenvalue weighted by molar-refractivity contribution is 0.0524. The highest BCUT2D eigenvalue weighted by atomic mass is 79.9. The van der Waals surface area contributed by atoms with Gasteiger partial charge in [-0.15, -0.1) is 0 Å². The molecular formula is C15H13BrN4O3. The van der Waals surface area contributed by atoms with E-state index in [1.807, 2.05) is 18.2 Å². The molecule has 0 amide bonds. The van der Waals surface area contributed by atoms with Crippen LogP contribution >= 0.6 is 15.9 Å². The molecule has 0 aliphatic heterocycles. The molecule has 0 aliphatic carbocycles. The monoisotopic (exact) mass is 376 g/mol. The van der Waals surface area contributed by atoms with Crippen LogP contribution in [0.2, 0.25) is 0 Å². The van der Waals surface area contributed by atoms with Crippen LogP contribution in [0.1, 0.15) is 28.7 Å². The summed E-state index contributed by atoms with van der Waals surface area (Å²) in [5, 5.41) is 17.0. The standard InChI is InChI=1S/C15H13BrN4O3/c1-3-22-15(21)13-9(2)20-23-14(13)12(8-17)19-18-11-6-4-10(16)5-7-11/h4-7,18H,3H2,1-2H3/b19-12+. The number of carbonyl (C=O) groups is 1. The van der Waals surface area contributed by atoms with Crippen molar-refractivity contribution in [1.29, 1.82) is 5.26 Å². The maximum atomic E-state index is 12.0. The Hall–Kier alpha value is -2.66. The van der Waals surface area contributed by atoms with Gasteiger partial charge in [-0.1, -0.05) is 21.1 Å². The highest BCUT2D eigenvalue weighted by Gasteiger charge is 2.25. The first-order valence-corrected chi connectivity index (χ1v) is 7.49. The third-order valence-electron chi connectivity index (χ3n) is 2.80. The number of hydrogen-bond donors (Lipinski definition) is 1. The fourth-order valence-electron chi connectivity index (χ4n) is 1.75. The van der Waals surface area contributed by atoms with E-state index in [9.17, 15) is 10.1 Å². The molecular weight excluding hydrogens is 364 g/mol. The molecule has 1 heterocycles. The van der Waals surface area contributed by atoms with Crippen LogP contribution in [-0.4, -0.2) is 23.4 Å². The highest BCUT2D eigenvalue weighted by molar-refractivity contribution is 9.10. The van der Waals surface area contributed by atoms with Gasteiger partial charge in [0.05, 0.1) is 18.0 Å². The summed E-state index contributed by atoms with van der Waals surface area (Å²) in [5.74, 6) is -0.624. The van der Waals surface area contributed by atoms with Crippen LogP contribution in [0, 0.1) is 18.3 Å². The largest absolute Gasteiger partial charge is 0.462 e. The molecule has 1 aromatic heterocycles. The topological polar surface area (TPSA) is 101 Å². The summed E-state index contributed by atoms with van der Waals surface area (Å²) >= 11 is 3.33. The minimum absolute atomic E-state index is 0.0203. The van der Waals surface area contributed by atoms with E-state index in [4.69, 9.17) is 9.26 Å². The fraction of sp³-hybridized carbons (Fsp3) is 0.200. The Balaban J connectivity index is 2.31. The summed E-state index contributed by atoms with van der Waals surface area (Å²) in [6.07, 6.45) is 0. The second kappa shape index (κ2) is 7.56. The number of aromatic nitrogens is 1. The van der Waals surface area contributed by atoms with Gasteiger partial charge in [-0.3, -0.25) is 5.43 Å². The second-order valence-corrected chi connectivity index (χ2v) is 5.30. The molecule has 0 saturated carbocycles. The van der Waals surface area contributed by atoms with Crippen molar-refractivity contribution in [2.45, 2.75) is 13.8 Å². The van der Waals surface area contributed by atoms with Crippen molar-refractivity contribution in [3.8, 4) is 6.07 Å². The van der Waals surface area contributed by atoms with Gasteiger partial charge in [-0.05, 0) is 38.1 Å². The number of nitriles is 1. The minimum Gasteiger partial charge on any atom is -0.462 e. The van der Waals surface area contributed by atoms with Gasteiger partial charge < -0.3 is 9.26 Å². The van der Waals surface area contributed by atoms with Crippen LogP contribution in [-0.2, 0) is 4.74 Å². The third-order valence-corrected chi connectivity index (χ3v) is 3.33. The van der Waals surface area contributed by atoms with Crippen LogP contribution < -0.4 is 5.43 Å². The number of esters is 1. The van der Waals surface area contributed by atoms with E-state index >= 15 is 0 Å². The summed E-state index contributed by atoms with van der Waals surface area (Å²) in [6, 6.07) is 9.10. The van der Waals surface area contributed by atoms with Gasteiger partial charge in [0, 0.05) is 4.47 Å². The second-order valence-electron chi connectivity index (χ2n) is 4.38. The van der Waals surface area contributed by atoms with Gasteiger partial charge in [0.2, 0.25) is 11.5 Å². The van der Waals surface area contributed by atoms with E-state index in [0.717, 1.165) is 4.47 Å². The molecule has 118 valence electrons. The summed E-state index contributed by atoms with van der Waals surface area (Å²) in [7, 11) is 0. The molecule has 0 unspecified atom stereocenters. The Morgan fingerprint density at radius 3 is 2.78 bits per heavy atom. The van der Waals surface area contributed by atoms with Gasteiger partial charge >= 0.3 is 5.97 Å². The number of nitrogens with one attached hydrogen (secondary N) is 1. The molecule has 2 rings (SSSR count). The Morgan fingerprint density at radius 1 is 1.48 bits per heavy atom. The molecule has 0 saturated heterocycles. The Kier molecular flexibility index (Phi) is 5.49. The molecule has 0 bridgehead atoms. The average Bonchev–Trinajstić information content (AvgIpc) is 2.92. The summed E-state index contributed by atoms with van der Waals surface area (Å²) in [6.45, 7) is 3.49. The first kappa shape index (κ1) is 16.7. The summed E-state index contributed by atoms with van der Waals surface area (Å²) in [4.78, 5) is 12.0. The normalized spacial score (nSPS) is 11.0. The van der Waals surface area contributed by atoms with Gasteiger partial charge in [-0.2, -0.15) is 10.4 Å². The van der Waals surface area contributed by atoms with Crippen LogP contribution in [0.25, 0.3) is 0 Å². The van der Waals surface area contributed by atoms with Crippen molar-refractivity contribution >= 4 is 33.3 Å². The van der Waals surface area contributed by atoms with Gasteiger partial charge in [0.25, 0.3) is 0 Å². The number of hydrogen-bond acceptors (Lipinski definition) is 7. The van der Waals surface area contributed by atoms with Gasteiger partial charge in [0.1, 0.15) is 11.6 Å².